The van der Waals surface area contributed by atoms with Gasteiger partial charge in [0, 0.05) is 50.2 Å². The summed E-state index contributed by atoms with van der Waals surface area (Å²) in [5.41, 5.74) is 4.47. The maximum Gasteiger partial charge on any atom is 0.242 e. The fourth-order valence-corrected chi connectivity index (χ4v) is 4.58. The standard InChI is InChI=1S/C25H31N3O2/c1-19-8-4-5-9-20(19)17-26-12-14-27(15-13-26)24(30)18-28-22-11-7-6-10-21(22)25(2,3)16-23(28)29/h4-11H,12-18H2,1-3H3. The fourth-order valence-electron chi connectivity index (χ4n) is 4.58. The average molecular weight is 406 g/mol. The van der Waals surface area contributed by atoms with Crippen LogP contribution in [-0.4, -0.2) is 54.3 Å². The van der Waals surface area contributed by atoms with Crippen LogP contribution in [0.2, 0.25) is 0 Å². The molecule has 0 atom stereocenters. The lowest BCUT2D eigenvalue weighted by Crippen LogP contribution is -2.53. The Morgan fingerprint density at radius 3 is 2.37 bits per heavy atom. The van der Waals surface area contributed by atoms with E-state index >= 15 is 0 Å². The first-order valence-electron chi connectivity index (χ1n) is 10.8. The van der Waals surface area contributed by atoms with Crippen molar-refractivity contribution in [1.29, 1.82) is 0 Å². The summed E-state index contributed by atoms with van der Waals surface area (Å²) in [5, 5.41) is 0. The van der Waals surface area contributed by atoms with Crippen LogP contribution in [0.4, 0.5) is 5.69 Å². The predicted octanol–water partition coefficient (Wildman–Crippen LogP) is 3.35. The first kappa shape index (κ1) is 20.6. The Hall–Kier alpha value is -2.66. The minimum Gasteiger partial charge on any atom is -0.339 e. The minimum absolute atomic E-state index is 0.0326. The molecule has 2 aliphatic rings. The van der Waals surface area contributed by atoms with Gasteiger partial charge in [-0.2, -0.15) is 0 Å². The molecule has 2 aromatic rings. The van der Waals surface area contributed by atoms with Gasteiger partial charge in [0.25, 0.3) is 0 Å². The van der Waals surface area contributed by atoms with Gasteiger partial charge in [0.1, 0.15) is 6.54 Å². The number of amides is 2. The Bertz CT molecular complexity index is 945. The highest BCUT2D eigenvalue weighted by Gasteiger charge is 2.37. The second-order valence-electron chi connectivity index (χ2n) is 9.14. The monoisotopic (exact) mass is 405 g/mol. The molecule has 0 unspecified atom stereocenters. The van der Waals surface area contributed by atoms with Crippen LogP contribution >= 0.6 is 0 Å². The molecule has 5 heteroatoms. The Kier molecular flexibility index (Phi) is 5.65. The van der Waals surface area contributed by atoms with Gasteiger partial charge < -0.3 is 9.80 Å². The van der Waals surface area contributed by atoms with Crippen LogP contribution in [0, 0.1) is 6.92 Å². The Morgan fingerprint density at radius 1 is 0.967 bits per heavy atom. The van der Waals surface area contributed by atoms with Crippen molar-refractivity contribution in [3.63, 3.8) is 0 Å². The summed E-state index contributed by atoms with van der Waals surface area (Å²) in [6, 6.07) is 16.4. The highest BCUT2D eigenvalue weighted by Crippen LogP contribution is 2.39. The van der Waals surface area contributed by atoms with E-state index in [1.54, 1.807) is 4.90 Å². The highest BCUT2D eigenvalue weighted by molar-refractivity contribution is 6.02. The number of nitrogens with zero attached hydrogens (tertiary/aromatic N) is 3. The molecule has 0 aliphatic carbocycles. The second-order valence-corrected chi connectivity index (χ2v) is 9.14. The molecule has 2 amide bonds. The summed E-state index contributed by atoms with van der Waals surface area (Å²) in [4.78, 5) is 31.8. The summed E-state index contributed by atoms with van der Waals surface area (Å²) < 4.78 is 0. The third kappa shape index (κ3) is 4.12. The van der Waals surface area contributed by atoms with Crippen LogP contribution in [0.25, 0.3) is 0 Å². The van der Waals surface area contributed by atoms with Gasteiger partial charge in [-0.15, -0.1) is 0 Å². The molecule has 0 spiro atoms. The SMILES string of the molecule is Cc1ccccc1CN1CCN(C(=O)CN2C(=O)CC(C)(C)c3ccccc32)CC1. The van der Waals surface area contributed by atoms with E-state index < -0.39 is 0 Å². The molecular weight excluding hydrogens is 374 g/mol. The fraction of sp³-hybridized carbons (Fsp3) is 0.440. The lowest BCUT2D eigenvalue weighted by atomic mass is 9.77. The minimum atomic E-state index is -0.200. The van der Waals surface area contributed by atoms with E-state index in [1.807, 2.05) is 23.1 Å². The molecule has 0 bridgehead atoms. The Morgan fingerprint density at radius 2 is 1.63 bits per heavy atom. The number of hydrogen-bond donors (Lipinski definition) is 0. The summed E-state index contributed by atoms with van der Waals surface area (Å²) in [5.74, 6) is 0.0682. The van der Waals surface area contributed by atoms with Crippen molar-refractivity contribution in [2.75, 3.05) is 37.6 Å². The molecule has 2 aromatic carbocycles. The smallest absolute Gasteiger partial charge is 0.242 e. The molecule has 158 valence electrons. The van der Waals surface area contributed by atoms with Crippen molar-refractivity contribution >= 4 is 17.5 Å². The predicted molar refractivity (Wildman–Crippen MR) is 119 cm³/mol. The average Bonchev–Trinajstić information content (AvgIpc) is 2.73. The maximum absolute atomic E-state index is 13.0. The number of anilines is 1. The molecule has 30 heavy (non-hydrogen) atoms. The van der Waals surface area contributed by atoms with E-state index in [0.29, 0.717) is 19.5 Å². The quantitative estimate of drug-likeness (QED) is 0.784. The molecule has 4 rings (SSSR count). The van der Waals surface area contributed by atoms with E-state index in [9.17, 15) is 9.59 Å². The second kappa shape index (κ2) is 8.23. The lowest BCUT2D eigenvalue weighted by molar-refractivity contribution is -0.133. The maximum atomic E-state index is 13.0. The molecule has 0 N–H and O–H groups in total. The van der Waals surface area contributed by atoms with E-state index in [-0.39, 0.29) is 23.8 Å². The van der Waals surface area contributed by atoms with Crippen molar-refractivity contribution in [2.45, 2.75) is 39.2 Å². The summed E-state index contributed by atoms with van der Waals surface area (Å²) >= 11 is 0. The van der Waals surface area contributed by atoms with Crippen LogP contribution in [-0.2, 0) is 21.5 Å². The van der Waals surface area contributed by atoms with Gasteiger partial charge in [-0.3, -0.25) is 14.5 Å². The van der Waals surface area contributed by atoms with Crippen LogP contribution in [0.5, 0.6) is 0 Å². The van der Waals surface area contributed by atoms with Crippen molar-refractivity contribution in [3.05, 3.63) is 65.2 Å². The van der Waals surface area contributed by atoms with Crippen molar-refractivity contribution < 1.29 is 9.59 Å². The van der Waals surface area contributed by atoms with E-state index in [0.717, 1.165) is 30.9 Å². The van der Waals surface area contributed by atoms with E-state index in [2.05, 4.69) is 56.0 Å². The van der Waals surface area contributed by atoms with Gasteiger partial charge in [-0.25, -0.2) is 0 Å². The summed E-state index contributed by atoms with van der Waals surface area (Å²) in [7, 11) is 0. The number of hydrogen-bond acceptors (Lipinski definition) is 3. The Labute approximate surface area is 179 Å². The van der Waals surface area contributed by atoms with Crippen molar-refractivity contribution in [1.82, 2.24) is 9.80 Å². The Balaban J connectivity index is 1.38. The summed E-state index contributed by atoms with van der Waals surface area (Å²) in [6.45, 7) is 10.5. The number of aryl methyl sites for hydroxylation is 1. The zero-order chi connectivity index (χ0) is 21.3. The summed E-state index contributed by atoms with van der Waals surface area (Å²) in [6.07, 6.45) is 0.432. The van der Waals surface area contributed by atoms with Gasteiger partial charge in [0.2, 0.25) is 11.8 Å². The first-order chi connectivity index (χ1) is 14.3. The number of rotatable bonds is 4. The lowest BCUT2D eigenvalue weighted by Gasteiger charge is -2.40. The number of carbonyl (C=O) groups is 2. The van der Waals surface area contributed by atoms with E-state index in [1.165, 1.54) is 11.1 Å². The molecule has 2 aliphatic heterocycles. The zero-order valence-electron chi connectivity index (χ0n) is 18.2. The molecule has 1 saturated heterocycles. The topological polar surface area (TPSA) is 43.9 Å². The third-order valence-electron chi connectivity index (χ3n) is 6.49. The normalized spacial score (nSPS) is 19.0. The van der Waals surface area contributed by atoms with Crippen molar-refractivity contribution in [3.8, 4) is 0 Å². The molecule has 0 saturated carbocycles. The van der Waals surface area contributed by atoms with Gasteiger partial charge >= 0.3 is 0 Å². The molecule has 0 aromatic heterocycles. The van der Waals surface area contributed by atoms with Crippen LogP contribution in [0.3, 0.4) is 0 Å². The zero-order valence-corrected chi connectivity index (χ0v) is 18.2. The van der Waals surface area contributed by atoms with Crippen LogP contribution in [0.15, 0.2) is 48.5 Å². The number of para-hydroxylation sites is 1. The largest absolute Gasteiger partial charge is 0.339 e. The van der Waals surface area contributed by atoms with Gasteiger partial charge in [0.15, 0.2) is 0 Å². The number of piperazine rings is 1. The third-order valence-corrected chi connectivity index (χ3v) is 6.49. The molecule has 0 radical (unpaired) electrons. The van der Waals surface area contributed by atoms with Crippen LogP contribution < -0.4 is 4.90 Å². The molecule has 2 heterocycles. The number of fused-ring (bicyclic) bond motifs is 1. The number of benzene rings is 2. The molecular formula is C25H31N3O2. The van der Waals surface area contributed by atoms with E-state index in [4.69, 9.17) is 0 Å². The molecule has 5 nitrogen and oxygen atoms in total. The molecule has 1 fully saturated rings. The highest BCUT2D eigenvalue weighted by atomic mass is 16.2. The van der Waals surface area contributed by atoms with Gasteiger partial charge in [-0.05, 0) is 29.7 Å². The van der Waals surface area contributed by atoms with Crippen LogP contribution in [0.1, 0.15) is 37.0 Å². The van der Waals surface area contributed by atoms with Gasteiger partial charge in [0.05, 0.1) is 0 Å². The van der Waals surface area contributed by atoms with Crippen molar-refractivity contribution in [2.24, 2.45) is 0 Å². The van der Waals surface area contributed by atoms with Gasteiger partial charge in [-0.1, -0.05) is 56.3 Å². The first-order valence-corrected chi connectivity index (χ1v) is 10.8. The number of carbonyl (C=O) groups excluding carboxylic acids is 2.